The number of ether oxygens (including phenoxy) is 1. The van der Waals surface area contributed by atoms with Gasteiger partial charge in [-0.2, -0.15) is 0 Å². The Morgan fingerprint density at radius 2 is 2.12 bits per heavy atom. The van der Waals surface area contributed by atoms with Gasteiger partial charge < -0.3 is 9.84 Å². The van der Waals surface area contributed by atoms with Gasteiger partial charge in [-0.3, -0.25) is 0 Å². The van der Waals surface area contributed by atoms with E-state index in [0.29, 0.717) is 0 Å². The number of hydrogen-bond acceptors (Lipinski definition) is 2. The van der Waals surface area contributed by atoms with Crippen molar-refractivity contribution in [1.82, 2.24) is 0 Å². The molecule has 0 radical (unpaired) electrons. The molecular formula is C14H21ClO2. The van der Waals surface area contributed by atoms with Crippen LogP contribution in [0.1, 0.15) is 31.4 Å². The molecule has 0 spiro atoms. The summed E-state index contributed by atoms with van der Waals surface area (Å²) in [6, 6.07) is 5.79. The van der Waals surface area contributed by atoms with Crippen LogP contribution < -0.4 is 0 Å². The first-order valence-electron chi connectivity index (χ1n) is 5.92. The minimum absolute atomic E-state index is 0.0441. The fourth-order valence-electron chi connectivity index (χ4n) is 2.43. The molecule has 0 bridgehead atoms. The van der Waals surface area contributed by atoms with Crippen molar-refractivity contribution < 1.29 is 9.84 Å². The summed E-state index contributed by atoms with van der Waals surface area (Å²) in [5, 5.41) is 10.5. The SMILES string of the molecule is CCC(CO)(c1ccc(Cl)cc1C)C(C)OC. The molecule has 0 heterocycles. The average molecular weight is 257 g/mol. The Labute approximate surface area is 109 Å². The third-order valence-electron chi connectivity index (χ3n) is 3.77. The summed E-state index contributed by atoms with van der Waals surface area (Å²) in [5.74, 6) is 0. The number of methoxy groups -OCH3 is 1. The summed E-state index contributed by atoms with van der Waals surface area (Å²) in [5.41, 5.74) is 1.85. The first kappa shape index (κ1) is 14.5. The Balaban J connectivity index is 3.31. The molecule has 1 aromatic rings. The second-order valence-electron chi connectivity index (χ2n) is 4.50. The first-order valence-corrected chi connectivity index (χ1v) is 6.30. The molecule has 96 valence electrons. The Kier molecular flexibility index (Phi) is 4.99. The van der Waals surface area contributed by atoms with E-state index in [1.54, 1.807) is 7.11 Å². The lowest BCUT2D eigenvalue weighted by atomic mass is 9.73. The van der Waals surface area contributed by atoms with E-state index < -0.39 is 0 Å². The van der Waals surface area contributed by atoms with Crippen molar-refractivity contribution in [2.45, 2.75) is 38.7 Å². The van der Waals surface area contributed by atoms with Crippen LogP contribution in [0.5, 0.6) is 0 Å². The highest BCUT2D eigenvalue weighted by molar-refractivity contribution is 6.30. The molecule has 2 atom stereocenters. The van der Waals surface area contributed by atoms with Crippen molar-refractivity contribution in [2.75, 3.05) is 13.7 Å². The van der Waals surface area contributed by atoms with Crippen molar-refractivity contribution in [3.8, 4) is 0 Å². The van der Waals surface area contributed by atoms with Gasteiger partial charge in [-0.15, -0.1) is 0 Å². The average Bonchev–Trinajstić information content (AvgIpc) is 2.33. The highest BCUT2D eigenvalue weighted by atomic mass is 35.5. The van der Waals surface area contributed by atoms with Crippen LogP contribution in [0, 0.1) is 6.92 Å². The topological polar surface area (TPSA) is 29.5 Å². The maximum Gasteiger partial charge on any atom is 0.0661 e. The summed E-state index contributed by atoms with van der Waals surface area (Å²) < 4.78 is 5.44. The molecule has 0 aliphatic heterocycles. The van der Waals surface area contributed by atoms with Gasteiger partial charge in [0.15, 0.2) is 0 Å². The largest absolute Gasteiger partial charge is 0.395 e. The lowest BCUT2D eigenvalue weighted by Crippen LogP contribution is -2.42. The van der Waals surface area contributed by atoms with Gasteiger partial charge in [-0.25, -0.2) is 0 Å². The zero-order chi connectivity index (χ0) is 13.1. The number of aryl methyl sites for hydroxylation is 1. The zero-order valence-corrected chi connectivity index (χ0v) is 11.7. The normalized spacial score (nSPS) is 16.6. The molecule has 3 heteroatoms. The number of hydrogen-bond donors (Lipinski definition) is 1. The van der Waals surface area contributed by atoms with E-state index in [0.717, 1.165) is 22.6 Å². The monoisotopic (exact) mass is 256 g/mol. The van der Waals surface area contributed by atoms with E-state index in [1.807, 2.05) is 32.0 Å². The molecule has 0 saturated heterocycles. The van der Waals surface area contributed by atoms with Crippen LogP contribution in [0.25, 0.3) is 0 Å². The standard InChI is InChI=1S/C14H21ClO2/c1-5-14(9-16,11(3)17-4)13-7-6-12(15)8-10(13)2/h6-8,11,16H,5,9H2,1-4H3. The van der Waals surface area contributed by atoms with E-state index in [9.17, 15) is 5.11 Å². The van der Waals surface area contributed by atoms with Gasteiger partial charge in [-0.05, 0) is 43.5 Å². The smallest absolute Gasteiger partial charge is 0.0661 e. The minimum Gasteiger partial charge on any atom is -0.395 e. The van der Waals surface area contributed by atoms with E-state index in [-0.39, 0.29) is 18.1 Å². The van der Waals surface area contributed by atoms with E-state index in [1.165, 1.54) is 0 Å². The highest BCUT2D eigenvalue weighted by Gasteiger charge is 2.37. The van der Waals surface area contributed by atoms with Crippen LogP contribution in [0.3, 0.4) is 0 Å². The van der Waals surface area contributed by atoms with Crippen LogP contribution in [-0.4, -0.2) is 24.9 Å². The fourth-order valence-corrected chi connectivity index (χ4v) is 2.66. The molecule has 0 aliphatic rings. The van der Waals surface area contributed by atoms with Crippen LogP contribution in [-0.2, 0) is 10.2 Å². The second kappa shape index (κ2) is 5.85. The number of benzene rings is 1. The Morgan fingerprint density at radius 1 is 1.47 bits per heavy atom. The molecule has 1 aromatic carbocycles. The molecule has 0 aliphatic carbocycles. The Morgan fingerprint density at radius 3 is 2.53 bits per heavy atom. The summed E-state index contributed by atoms with van der Waals surface area (Å²) >= 11 is 5.97. The van der Waals surface area contributed by atoms with Crippen LogP contribution in [0.2, 0.25) is 5.02 Å². The van der Waals surface area contributed by atoms with Gasteiger partial charge in [0.25, 0.3) is 0 Å². The molecule has 0 amide bonds. The van der Waals surface area contributed by atoms with E-state index in [4.69, 9.17) is 16.3 Å². The van der Waals surface area contributed by atoms with Gasteiger partial charge >= 0.3 is 0 Å². The van der Waals surface area contributed by atoms with E-state index >= 15 is 0 Å². The predicted octanol–water partition coefficient (Wildman–Crippen LogP) is 3.32. The number of halogens is 1. The van der Waals surface area contributed by atoms with Crippen LogP contribution >= 0.6 is 11.6 Å². The first-order chi connectivity index (χ1) is 8.01. The van der Waals surface area contributed by atoms with Gasteiger partial charge in [0, 0.05) is 17.5 Å². The third-order valence-corrected chi connectivity index (χ3v) is 4.00. The Hall–Kier alpha value is -0.570. The lowest BCUT2D eigenvalue weighted by molar-refractivity contribution is 0.0116. The van der Waals surface area contributed by atoms with Gasteiger partial charge in [0.05, 0.1) is 12.7 Å². The summed E-state index contributed by atoms with van der Waals surface area (Å²) in [7, 11) is 1.68. The molecule has 0 saturated carbocycles. The quantitative estimate of drug-likeness (QED) is 0.876. The second-order valence-corrected chi connectivity index (χ2v) is 4.94. The number of rotatable bonds is 5. The highest BCUT2D eigenvalue weighted by Crippen LogP contribution is 2.35. The van der Waals surface area contributed by atoms with E-state index in [2.05, 4.69) is 6.92 Å². The van der Waals surface area contributed by atoms with Crippen LogP contribution in [0.4, 0.5) is 0 Å². The molecule has 0 fully saturated rings. The third kappa shape index (κ3) is 2.65. The maximum absolute atomic E-state index is 9.81. The molecule has 17 heavy (non-hydrogen) atoms. The molecule has 1 N–H and O–H groups in total. The lowest BCUT2D eigenvalue weighted by Gasteiger charge is -2.37. The molecule has 2 unspecified atom stereocenters. The van der Waals surface area contributed by atoms with Gasteiger partial charge in [0.1, 0.15) is 0 Å². The number of aliphatic hydroxyl groups excluding tert-OH is 1. The molecular weight excluding hydrogens is 236 g/mol. The minimum atomic E-state index is -0.358. The van der Waals surface area contributed by atoms with Crippen molar-refractivity contribution in [2.24, 2.45) is 0 Å². The predicted molar refractivity (Wildman–Crippen MR) is 71.7 cm³/mol. The zero-order valence-electron chi connectivity index (χ0n) is 11.0. The molecule has 0 aromatic heterocycles. The summed E-state index contributed by atoms with van der Waals surface area (Å²) in [6.07, 6.45) is 0.776. The van der Waals surface area contributed by atoms with Crippen LogP contribution in [0.15, 0.2) is 18.2 Å². The molecule has 2 nitrogen and oxygen atoms in total. The van der Waals surface area contributed by atoms with Crippen molar-refractivity contribution >= 4 is 11.6 Å². The van der Waals surface area contributed by atoms with Crippen molar-refractivity contribution in [1.29, 1.82) is 0 Å². The summed E-state index contributed by atoms with van der Waals surface area (Å²) in [4.78, 5) is 0. The van der Waals surface area contributed by atoms with Crippen molar-refractivity contribution in [3.05, 3.63) is 34.3 Å². The summed E-state index contributed by atoms with van der Waals surface area (Å²) in [6.45, 7) is 6.15. The van der Waals surface area contributed by atoms with Crippen molar-refractivity contribution in [3.63, 3.8) is 0 Å². The molecule has 1 rings (SSSR count). The van der Waals surface area contributed by atoms with Gasteiger partial charge in [-0.1, -0.05) is 24.6 Å². The fraction of sp³-hybridized carbons (Fsp3) is 0.571. The number of aliphatic hydroxyl groups is 1. The Bertz CT molecular complexity index is 372. The maximum atomic E-state index is 9.81. The van der Waals surface area contributed by atoms with Gasteiger partial charge in [0.2, 0.25) is 0 Å².